The number of ether oxygens (including phenoxy) is 2. The van der Waals surface area contributed by atoms with Crippen LogP contribution in [0.25, 0.3) is 0 Å². The quantitative estimate of drug-likeness (QED) is 0.280. The molecule has 200 valence electrons. The fraction of sp³-hybridized carbons (Fsp3) is 0.483. The van der Waals surface area contributed by atoms with Crippen molar-refractivity contribution in [2.75, 3.05) is 46.4 Å². The lowest BCUT2D eigenvalue weighted by Gasteiger charge is -2.35. The van der Waals surface area contributed by atoms with Gasteiger partial charge in [0, 0.05) is 49.8 Å². The maximum Gasteiger partial charge on any atom is 0.333 e. The third-order valence-electron chi connectivity index (χ3n) is 7.05. The zero-order valence-corrected chi connectivity index (χ0v) is 22.4. The molecule has 3 rings (SSSR count). The number of carbonyl (C=O) groups excluding carboxylic acids is 3. The third-order valence-corrected chi connectivity index (χ3v) is 7.05. The van der Waals surface area contributed by atoms with Gasteiger partial charge < -0.3 is 19.7 Å². The van der Waals surface area contributed by atoms with E-state index in [0.717, 1.165) is 36.4 Å². The van der Waals surface area contributed by atoms with Crippen molar-refractivity contribution in [2.45, 2.75) is 33.7 Å². The molecule has 1 aromatic carbocycles. The summed E-state index contributed by atoms with van der Waals surface area (Å²) < 4.78 is 10.8. The number of methoxy groups -OCH3 is 1. The highest BCUT2D eigenvalue weighted by Crippen LogP contribution is 2.51. The molecule has 1 aromatic rings. The van der Waals surface area contributed by atoms with Crippen LogP contribution in [0.1, 0.15) is 32.8 Å². The van der Waals surface area contributed by atoms with Crippen molar-refractivity contribution in [3.63, 3.8) is 0 Å². The molecule has 1 unspecified atom stereocenters. The number of amides is 2. The van der Waals surface area contributed by atoms with E-state index in [1.165, 1.54) is 7.11 Å². The van der Waals surface area contributed by atoms with Crippen LogP contribution in [0.15, 0.2) is 60.2 Å². The van der Waals surface area contributed by atoms with E-state index in [2.05, 4.69) is 30.6 Å². The van der Waals surface area contributed by atoms with E-state index in [9.17, 15) is 14.4 Å². The second-order valence-corrected chi connectivity index (χ2v) is 10.3. The Balaban J connectivity index is 1.48. The summed E-state index contributed by atoms with van der Waals surface area (Å²) in [7, 11) is 1.35. The summed E-state index contributed by atoms with van der Waals surface area (Å²) in [6, 6.07) is 7.90. The zero-order chi connectivity index (χ0) is 27.0. The van der Waals surface area contributed by atoms with Crippen molar-refractivity contribution < 1.29 is 23.9 Å². The van der Waals surface area contributed by atoms with Gasteiger partial charge in [-0.15, -0.1) is 0 Å². The summed E-state index contributed by atoms with van der Waals surface area (Å²) in [5.41, 5.74) is 2.45. The van der Waals surface area contributed by atoms with Crippen LogP contribution < -0.4 is 10.1 Å². The topological polar surface area (TPSA) is 88.2 Å². The van der Waals surface area contributed by atoms with E-state index < -0.39 is 0 Å². The van der Waals surface area contributed by atoms with Crippen molar-refractivity contribution in [2.24, 2.45) is 11.3 Å². The summed E-state index contributed by atoms with van der Waals surface area (Å²) in [6.45, 7) is 13.5. The van der Waals surface area contributed by atoms with Crippen LogP contribution >= 0.6 is 0 Å². The molecule has 1 N–H and O–H groups in total. The molecule has 2 aliphatic rings. The van der Waals surface area contributed by atoms with Gasteiger partial charge in [-0.2, -0.15) is 0 Å². The highest BCUT2D eigenvalue weighted by atomic mass is 16.5. The molecule has 1 aliphatic carbocycles. The van der Waals surface area contributed by atoms with E-state index in [1.807, 2.05) is 29.2 Å². The molecule has 8 heteroatoms. The third kappa shape index (κ3) is 8.05. The number of hydrogen-bond acceptors (Lipinski definition) is 6. The Kier molecular flexibility index (Phi) is 9.69. The standard InChI is InChI=1S/C29H39N3O5/c1-6-22(12-11-21(2)28(35)36-5)20-37-25-10-8-7-9-23(25)19-31-13-15-32(16-14-31)26(33)18-30-27(34)24-17-29(24,3)4/h6-12,24H,1,13-20H2,2-5H3,(H,30,34)/b21-11+,22-12+. The Labute approximate surface area is 220 Å². The summed E-state index contributed by atoms with van der Waals surface area (Å²) in [5.74, 6) is 0.388. The Bertz CT molecular complexity index is 1070. The molecular formula is C29H39N3O5. The number of rotatable bonds is 11. The smallest absolute Gasteiger partial charge is 0.333 e. The molecule has 1 saturated heterocycles. The average Bonchev–Trinajstić information content (AvgIpc) is 3.55. The molecule has 1 saturated carbocycles. The fourth-order valence-electron chi connectivity index (χ4n) is 4.28. The maximum absolute atomic E-state index is 12.6. The van der Waals surface area contributed by atoms with E-state index in [0.29, 0.717) is 31.8 Å². The molecule has 1 heterocycles. The predicted molar refractivity (Wildman–Crippen MR) is 143 cm³/mol. The molecule has 8 nitrogen and oxygen atoms in total. The molecule has 2 amide bonds. The molecule has 0 aromatic heterocycles. The monoisotopic (exact) mass is 509 g/mol. The Morgan fingerprint density at radius 3 is 2.43 bits per heavy atom. The Morgan fingerprint density at radius 2 is 1.81 bits per heavy atom. The number of hydrogen-bond donors (Lipinski definition) is 1. The lowest BCUT2D eigenvalue weighted by Crippen LogP contribution is -2.51. The summed E-state index contributed by atoms with van der Waals surface area (Å²) in [4.78, 5) is 40.5. The van der Waals surface area contributed by atoms with E-state index >= 15 is 0 Å². The fourth-order valence-corrected chi connectivity index (χ4v) is 4.28. The molecule has 0 radical (unpaired) electrons. The van der Waals surface area contributed by atoms with Gasteiger partial charge in [0.25, 0.3) is 0 Å². The lowest BCUT2D eigenvalue weighted by atomic mass is 10.1. The molecule has 2 fully saturated rings. The number of benzene rings is 1. The van der Waals surface area contributed by atoms with Gasteiger partial charge in [-0.05, 0) is 30.4 Å². The maximum atomic E-state index is 12.6. The van der Waals surface area contributed by atoms with Crippen LogP contribution in [0.2, 0.25) is 0 Å². The predicted octanol–water partition coefficient (Wildman–Crippen LogP) is 3.10. The van der Waals surface area contributed by atoms with E-state index in [-0.39, 0.29) is 35.7 Å². The minimum atomic E-state index is -0.375. The first-order chi connectivity index (χ1) is 17.6. The van der Waals surface area contributed by atoms with Crippen LogP contribution in [0.3, 0.4) is 0 Å². The number of nitrogens with zero attached hydrogens (tertiary/aromatic N) is 2. The number of para-hydroxylation sites is 1. The molecule has 1 atom stereocenters. The molecule has 37 heavy (non-hydrogen) atoms. The first kappa shape index (κ1) is 28.2. The Morgan fingerprint density at radius 1 is 1.14 bits per heavy atom. The van der Waals surface area contributed by atoms with Gasteiger partial charge in [0.05, 0.1) is 13.7 Å². The van der Waals surface area contributed by atoms with Crippen molar-refractivity contribution >= 4 is 17.8 Å². The second kappa shape index (κ2) is 12.7. The van der Waals surface area contributed by atoms with Crippen LogP contribution in [0.4, 0.5) is 0 Å². The molecule has 0 spiro atoms. The minimum absolute atomic E-state index is 0.0160. The van der Waals surface area contributed by atoms with Gasteiger partial charge in [-0.1, -0.05) is 56.9 Å². The van der Waals surface area contributed by atoms with Crippen LogP contribution in [0.5, 0.6) is 5.75 Å². The second-order valence-electron chi connectivity index (χ2n) is 10.3. The zero-order valence-electron chi connectivity index (χ0n) is 22.4. The van der Waals surface area contributed by atoms with Crippen molar-refractivity contribution in [3.8, 4) is 5.75 Å². The van der Waals surface area contributed by atoms with Gasteiger partial charge in [0.2, 0.25) is 11.8 Å². The Hall–Kier alpha value is -3.39. The highest BCUT2D eigenvalue weighted by Gasteiger charge is 2.50. The summed E-state index contributed by atoms with van der Waals surface area (Å²) in [5, 5.41) is 2.81. The van der Waals surface area contributed by atoms with Crippen molar-refractivity contribution in [3.05, 3.63) is 65.8 Å². The average molecular weight is 510 g/mol. The molecular weight excluding hydrogens is 470 g/mol. The van der Waals surface area contributed by atoms with Crippen molar-refractivity contribution in [1.29, 1.82) is 0 Å². The number of piperazine rings is 1. The molecule has 1 aliphatic heterocycles. The number of allylic oxidation sites excluding steroid dienone is 2. The first-order valence-electron chi connectivity index (χ1n) is 12.7. The van der Waals surface area contributed by atoms with Gasteiger partial charge in [0.15, 0.2) is 0 Å². The number of esters is 1. The first-order valence-corrected chi connectivity index (χ1v) is 12.7. The van der Waals surface area contributed by atoms with E-state index in [1.54, 1.807) is 25.2 Å². The van der Waals surface area contributed by atoms with Gasteiger partial charge >= 0.3 is 5.97 Å². The summed E-state index contributed by atoms with van der Waals surface area (Å²) >= 11 is 0. The highest BCUT2D eigenvalue weighted by molar-refractivity contribution is 5.88. The van der Waals surface area contributed by atoms with Gasteiger partial charge in [-0.3, -0.25) is 14.5 Å². The van der Waals surface area contributed by atoms with Gasteiger partial charge in [0.1, 0.15) is 12.4 Å². The van der Waals surface area contributed by atoms with Crippen LogP contribution in [-0.2, 0) is 25.7 Å². The lowest BCUT2D eigenvalue weighted by molar-refractivity contribution is -0.136. The number of nitrogens with one attached hydrogen (secondary N) is 1. The van der Waals surface area contributed by atoms with Gasteiger partial charge in [-0.25, -0.2) is 4.79 Å². The molecule has 0 bridgehead atoms. The van der Waals surface area contributed by atoms with Crippen LogP contribution in [0, 0.1) is 11.3 Å². The largest absolute Gasteiger partial charge is 0.489 e. The number of carbonyl (C=O) groups is 3. The van der Waals surface area contributed by atoms with Crippen LogP contribution in [-0.4, -0.2) is 74.0 Å². The summed E-state index contributed by atoms with van der Waals surface area (Å²) in [6.07, 6.45) is 6.07. The minimum Gasteiger partial charge on any atom is -0.489 e. The normalized spacial score (nSPS) is 19.7. The van der Waals surface area contributed by atoms with E-state index in [4.69, 9.17) is 9.47 Å². The SMILES string of the molecule is C=C/C(=C\C=C(/C)C(=O)OC)COc1ccccc1CN1CCN(C(=O)CNC(=O)C2CC2(C)C)CC1. The van der Waals surface area contributed by atoms with Crippen molar-refractivity contribution in [1.82, 2.24) is 15.1 Å².